The number of nitrogens with zero attached hydrogens (tertiary/aromatic N) is 5. The molecule has 1 aliphatic rings. The number of anilines is 2. The minimum atomic E-state index is -0.218. The molecule has 0 N–H and O–H groups in total. The zero-order valence-corrected chi connectivity index (χ0v) is 16.4. The summed E-state index contributed by atoms with van der Waals surface area (Å²) in [5, 5.41) is 7.59. The summed E-state index contributed by atoms with van der Waals surface area (Å²) in [4.78, 5) is 11.3. The van der Waals surface area contributed by atoms with Gasteiger partial charge in [0.2, 0.25) is 0 Å². The molecule has 0 fully saturated rings. The number of aromatic nitrogens is 4. The van der Waals surface area contributed by atoms with E-state index in [-0.39, 0.29) is 5.82 Å². The van der Waals surface area contributed by atoms with Crippen molar-refractivity contribution in [3.63, 3.8) is 0 Å². The van der Waals surface area contributed by atoms with Gasteiger partial charge in [-0.3, -0.25) is 0 Å². The van der Waals surface area contributed by atoms with Crippen LogP contribution in [0.2, 0.25) is 0 Å². The third-order valence-corrected chi connectivity index (χ3v) is 5.78. The summed E-state index contributed by atoms with van der Waals surface area (Å²) in [6.45, 7) is 4.73. The molecular formula is C21H18FN5S. The Kier molecular flexibility index (Phi) is 3.98. The average Bonchev–Trinajstić information content (AvgIpc) is 3.41. The molecule has 0 amide bonds. The van der Waals surface area contributed by atoms with Crippen molar-refractivity contribution in [2.75, 3.05) is 11.4 Å². The Morgan fingerprint density at radius 1 is 1.11 bits per heavy atom. The summed E-state index contributed by atoms with van der Waals surface area (Å²) in [7, 11) is 0. The van der Waals surface area contributed by atoms with Crippen molar-refractivity contribution in [1.29, 1.82) is 0 Å². The molecule has 1 aliphatic heterocycles. The molecule has 4 heterocycles. The average molecular weight is 391 g/mol. The van der Waals surface area contributed by atoms with E-state index < -0.39 is 0 Å². The fourth-order valence-corrected chi connectivity index (χ4v) is 4.34. The summed E-state index contributed by atoms with van der Waals surface area (Å²) in [5.41, 5.74) is 5.88. The maximum atomic E-state index is 13.5. The van der Waals surface area contributed by atoms with Gasteiger partial charge < -0.3 is 4.90 Å². The summed E-state index contributed by atoms with van der Waals surface area (Å²) >= 11 is 1.58. The molecule has 7 heteroatoms. The van der Waals surface area contributed by atoms with Gasteiger partial charge in [-0.2, -0.15) is 5.10 Å². The van der Waals surface area contributed by atoms with Gasteiger partial charge in [0.15, 0.2) is 0 Å². The molecule has 0 atom stereocenters. The highest BCUT2D eigenvalue weighted by Crippen LogP contribution is 2.38. The lowest BCUT2D eigenvalue weighted by atomic mass is 10.1. The maximum Gasteiger partial charge on any atom is 0.143 e. The number of rotatable bonds is 3. The van der Waals surface area contributed by atoms with Gasteiger partial charge in [0.1, 0.15) is 22.3 Å². The van der Waals surface area contributed by atoms with Crippen molar-refractivity contribution >= 4 is 22.8 Å². The second kappa shape index (κ2) is 6.53. The number of hydrogen-bond donors (Lipinski definition) is 0. The van der Waals surface area contributed by atoms with Crippen LogP contribution in [0.3, 0.4) is 0 Å². The van der Waals surface area contributed by atoms with E-state index in [0.29, 0.717) is 0 Å². The standard InChI is InChI=1S/C21H18FN5S/c1-13-11-15(22)3-4-18(13)26-8-5-16-19(12-14(2)24-20(16)26)27-9-6-17(25-27)21-23-7-10-28-21/h3-4,6-7,9-12H,5,8H2,1-2H3. The summed E-state index contributed by atoms with van der Waals surface area (Å²) in [6.07, 6.45) is 4.62. The van der Waals surface area contributed by atoms with Gasteiger partial charge in [-0.05, 0) is 56.2 Å². The predicted octanol–water partition coefficient (Wildman–Crippen LogP) is 4.84. The van der Waals surface area contributed by atoms with Crippen LogP contribution in [0, 0.1) is 19.7 Å². The zero-order chi connectivity index (χ0) is 19.3. The van der Waals surface area contributed by atoms with Crippen molar-refractivity contribution in [2.45, 2.75) is 20.3 Å². The van der Waals surface area contributed by atoms with Crippen molar-refractivity contribution in [3.8, 4) is 16.4 Å². The number of hydrogen-bond acceptors (Lipinski definition) is 5. The molecule has 0 bridgehead atoms. The Balaban J connectivity index is 1.59. The van der Waals surface area contributed by atoms with Gasteiger partial charge in [0, 0.05) is 41.3 Å². The first-order valence-electron chi connectivity index (χ1n) is 9.10. The van der Waals surface area contributed by atoms with Crippen LogP contribution in [0.15, 0.2) is 48.1 Å². The van der Waals surface area contributed by atoms with E-state index in [0.717, 1.165) is 57.7 Å². The van der Waals surface area contributed by atoms with Crippen molar-refractivity contribution in [2.24, 2.45) is 0 Å². The second-order valence-electron chi connectivity index (χ2n) is 6.90. The fraction of sp³-hybridized carbons (Fsp3) is 0.190. The second-order valence-corrected chi connectivity index (χ2v) is 7.79. The number of pyridine rings is 1. The van der Waals surface area contributed by atoms with Gasteiger partial charge in [-0.25, -0.2) is 19.0 Å². The van der Waals surface area contributed by atoms with E-state index in [2.05, 4.69) is 16.0 Å². The molecule has 3 aromatic heterocycles. The monoisotopic (exact) mass is 391 g/mol. The van der Waals surface area contributed by atoms with E-state index >= 15 is 0 Å². The fourth-order valence-electron chi connectivity index (χ4n) is 3.74. The van der Waals surface area contributed by atoms with Crippen molar-refractivity contribution in [3.05, 3.63) is 70.7 Å². The topological polar surface area (TPSA) is 46.8 Å². The lowest BCUT2D eigenvalue weighted by Gasteiger charge is -2.21. The van der Waals surface area contributed by atoms with Crippen LogP contribution in [0.5, 0.6) is 0 Å². The molecule has 4 aromatic rings. The highest BCUT2D eigenvalue weighted by molar-refractivity contribution is 7.13. The Bertz CT molecular complexity index is 1170. The summed E-state index contributed by atoms with van der Waals surface area (Å²) < 4.78 is 15.5. The van der Waals surface area contributed by atoms with Crippen LogP contribution in [0.25, 0.3) is 16.4 Å². The van der Waals surface area contributed by atoms with Crippen LogP contribution < -0.4 is 4.90 Å². The zero-order valence-electron chi connectivity index (χ0n) is 15.6. The Hall–Kier alpha value is -3.06. The summed E-state index contributed by atoms with van der Waals surface area (Å²) in [6, 6.07) is 8.96. The Morgan fingerprint density at radius 2 is 2.00 bits per heavy atom. The smallest absolute Gasteiger partial charge is 0.143 e. The first-order chi connectivity index (χ1) is 13.6. The molecule has 0 saturated heterocycles. The normalized spacial score (nSPS) is 13.2. The maximum absolute atomic E-state index is 13.5. The van der Waals surface area contributed by atoms with Crippen LogP contribution in [0.1, 0.15) is 16.8 Å². The first-order valence-corrected chi connectivity index (χ1v) is 9.98. The Morgan fingerprint density at radius 3 is 2.79 bits per heavy atom. The molecule has 28 heavy (non-hydrogen) atoms. The number of aryl methyl sites for hydroxylation is 2. The quantitative estimate of drug-likeness (QED) is 0.501. The molecule has 140 valence electrons. The molecule has 0 unspecified atom stereocenters. The molecule has 0 spiro atoms. The van der Waals surface area contributed by atoms with Crippen LogP contribution >= 0.6 is 11.3 Å². The number of halogens is 1. The third kappa shape index (κ3) is 2.79. The SMILES string of the molecule is Cc1cc(-n2ccc(-c3nccs3)n2)c2c(n1)N(c1ccc(F)cc1C)CC2. The third-order valence-electron chi connectivity index (χ3n) is 4.99. The molecule has 0 radical (unpaired) electrons. The predicted molar refractivity (Wildman–Crippen MR) is 109 cm³/mol. The Labute approximate surface area is 166 Å². The van der Waals surface area contributed by atoms with Crippen LogP contribution in [-0.2, 0) is 6.42 Å². The minimum absolute atomic E-state index is 0.218. The summed E-state index contributed by atoms with van der Waals surface area (Å²) in [5.74, 6) is 0.709. The van der Waals surface area contributed by atoms with Gasteiger partial charge in [-0.1, -0.05) is 0 Å². The molecule has 0 aliphatic carbocycles. The highest BCUT2D eigenvalue weighted by atomic mass is 32.1. The van der Waals surface area contributed by atoms with E-state index in [1.807, 2.05) is 42.2 Å². The van der Waals surface area contributed by atoms with E-state index in [1.165, 1.54) is 6.07 Å². The van der Waals surface area contributed by atoms with E-state index in [4.69, 9.17) is 10.1 Å². The molecule has 1 aromatic carbocycles. The number of benzene rings is 1. The van der Waals surface area contributed by atoms with Crippen molar-refractivity contribution in [1.82, 2.24) is 19.7 Å². The number of fused-ring (bicyclic) bond motifs is 1. The lowest BCUT2D eigenvalue weighted by molar-refractivity contribution is 0.626. The molecule has 5 rings (SSSR count). The van der Waals surface area contributed by atoms with Gasteiger partial charge in [0.05, 0.1) is 5.69 Å². The van der Waals surface area contributed by atoms with Gasteiger partial charge >= 0.3 is 0 Å². The van der Waals surface area contributed by atoms with E-state index in [9.17, 15) is 4.39 Å². The molecule has 0 saturated carbocycles. The highest BCUT2D eigenvalue weighted by Gasteiger charge is 2.27. The van der Waals surface area contributed by atoms with Crippen LogP contribution in [0.4, 0.5) is 15.9 Å². The largest absolute Gasteiger partial charge is 0.325 e. The number of thiazole rings is 1. The van der Waals surface area contributed by atoms with Gasteiger partial charge in [-0.15, -0.1) is 11.3 Å². The van der Waals surface area contributed by atoms with Crippen LogP contribution in [-0.4, -0.2) is 26.3 Å². The van der Waals surface area contributed by atoms with E-state index in [1.54, 1.807) is 23.6 Å². The molecule has 5 nitrogen and oxygen atoms in total. The lowest BCUT2D eigenvalue weighted by Crippen LogP contribution is -2.16. The van der Waals surface area contributed by atoms with Gasteiger partial charge in [0.25, 0.3) is 0 Å². The van der Waals surface area contributed by atoms with Crippen molar-refractivity contribution < 1.29 is 4.39 Å². The minimum Gasteiger partial charge on any atom is -0.325 e. The first kappa shape index (κ1) is 17.1. The molecular weight excluding hydrogens is 373 g/mol.